The van der Waals surface area contributed by atoms with E-state index in [1.54, 1.807) is 6.07 Å². The molecule has 0 fully saturated rings. The number of carbonyl (C=O) groups excluding carboxylic acids is 1. The number of carbonyl (C=O) groups is 1. The van der Waals surface area contributed by atoms with E-state index >= 15 is 0 Å². The maximum atomic E-state index is 12.1. The van der Waals surface area contributed by atoms with E-state index in [-0.39, 0.29) is 17.2 Å². The van der Waals surface area contributed by atoms with Gasteiger partial charge in [0.25, 0.3) is 5.91 Å². The largest absolute Gasteiger partial charge is 0.573 e. The number of rotatable bonds is 3. The Morgan fingerprint density at radius 2 is 1.90 bits per heavy atom. The van der Waals surface area contributed by atoms with Crippen LogP contribution < -0.4 is 15.8 Å². The van der Waals surface area contributed by atoms with Gasteiger partial charge in [0.05, 0.1) is 5.69 Å². The lowest BCUT2D eigenvalue weighted by molar-refractivity contribution is -0.274. The molecule has 1 aromatic heterocycles. The first-order valence-electron chi connectivity index (χ1n) is 5.59. The highest BCUT2D eigenvalue weighted by atomic mass is 19.4. The zero-order valence-corrected chi connectivity index (χ0v) is 10.4. The molecular weight excluding hydrogens is 289 g/mol. The fourth-order valence-electron chi connectivity index (χ4n) is 1.44. The molecule has 2 aromatic rings. The number of nitrogens with zero attached hydrogens (tertiary/aromatic N) is 2. The number of ether oxygens (including phenoxy) is 1. The standard InChI is InChI=1S/C12H9F3N4O2/c13-12(14,15)21-9-3-2-7(6-8(9)16)10(20)19-11-17-4-1-5-18-11/h1-6H,16H2,(H,17,18,19,20). The predicted molar refractivity (Wildman–Crippen MR) is 67.5 cm³/mol. The van der Waals surface area contributed by atoms with Crippen LogP contribution in [-0.4, -0.2) is 22.2 Å². The summed E-state index contributed by atoms with van der Waals surface area (Å²) in [6.45, 7) is 0. The van der Waals surface area contributed by atoms with Gasteiger partial charge < -0.3 is 10.5 Å². The van der Waals surface area contributed by atoms with Gasteiger partial charge >= 0.3 is 6.36 Å². The SMILES string of the molecule is Nc1cc(C(=O)Nc2ncccn2)ccc1OC(F)(F)F. The molecule has 0 saturated heterocycles. The van der Waals surface area contributed by atoms with Gasteiger partial charge in [-0.05, 0) is 24.3 Å². The Bertz CT molecular complexity index is 647. The Morgan fingerprint density at radius 3 is 2.48 bits per heavy atom. The summed E-state index contributed by atoms with van der Waals surface area (Å²) in [6, 6.07) is 4.75. The van der Waals surface area contributed by atoms with Crippen LogP contribution >= 0.6 is 0 Å². The first-order chi connectivity index (χ1) is 9.85. The van der Waals surface area contributed by atoms with Crippen LogP contribution in [-0.2, 0) is 0 Å². The number of nitrogens with two attached hydrogens (primary N) is 1. The van der Waals surface area contributed by atoms with Gasteiger partial charge in [-0.2, -0.15) is 0 Å². The first-order valence-corrected chi connectivity index (χ1v) is 5.59. The summed E-state index contributed by atoms with van der Waals surface area (Å²) in [5.41, 5.74) is 5.16. The van der Waals surface area contributed by atoms with E-state index in [4.69, 9.17) is 5.73 Å². The first kappa shape index (κ1) is 14.6. The summed E-state index contributed by atoms with van der Waals surface area (Å²) in [6.07, 6.45) is -2.00. The van der Waals surface area contributed by atoms with Gasteiger partial charge in [-0.1, -0.05) is 0 Å². The van der Waals surface area contributed by atoms with E-state index in [0.29, 0.717) is 0 Å². The average Bonchev–Trinajstić information content (AvgIpc) is 2.40. The Kier molecular flexibility index (Phi) is 3.92. The van der Waals surface area contributed by atoms with Crippen molar-refractivity contribution >= 4 is 17.5 Å². The van der Waals surface area contributed by atoms with Crippen molar-refractivity contribution < 1.29 is 22.7 Å². The molecule has 0 saturated carbocycles. The van der Waals surface area contributed by atoms with Crippen LogP contribution in [0.15, 0.2) is 36.7 Å². The molecule has 0 aliphatic heterocycles. The van der Waals surface area contributed by atoms with E-state index < -0.39 is 18.0 Å². The molecule has 1 aromatic carbocycles. The topological polar surface area (TPSA) is 90.1 Å². The van der Waals surface area contributed by atoms with Crippen LogP contribution in [0.2, 0.25) is 0 Å². The van der Waals surface area contributed by atoms with Crippen LogP contribution in [0.25, 0.3) is 0 Å². The zero-order valence-electron chi connectivity index (χ0n) is 10.4. The molecule has 3 N–H and O–H groups in total. The van der Waals surface area contributed by atoms with Crippen molar-refractivity contribution in [2.45, 2.75) is 6.36 Å². The van der Waals surface area contributed by atoms with Crippen molar-refractivity contribution in [3.05, 3.63) is 42.2 Å². The molecular formula is C12H9F3N4O2. The lowest BCUT2D eigenvalue weighted by Crippen LogP contribution is -2.19. The van der Waals surface area contributed by atoms with Gasteiger partial charge in [-0.25, -0.2) is 9.97 Å². The number of nitrogen functional groups attached to an aromatic ring is 1. The van der Waals surface area contributed by atoms with Crippen molar-refractivity contribution in [3.63, 3.8) is 0 Å². The summed E-state index contributed by atoms with van der Waals surface area (Å²) in [7, 11) is 0. The predicted octanol–water partition coefficient (Wildman–Crippen LogP) is 2.21. The maximum Gasteiger partial charge on any atom is 0.573 e. The van der Waals surface area contributed by atoms with Crippen LogP contribution in [0.5, 0.6) is 5.75 Å². The summed E-state index contributed by atoms with van der Waals surface area (Å²) in [5.74, 6) is -1.11. The molecule has 0 aliphatic rings. The number of halogens is 3. The molecule has 0 radical (unpaired) electrons. The van der Waals surface area contributed by atoms with Gasteiger partial charge in [-0.15, -0.1) is 13.2 Å². The second-order valence-corrected chi connectivity index (χ2v) is 3.83. The Labute approximate surface area is 116 Å². The number of hydrogen-bond acceptors (Lipinski definition) is 5. The monoisotopic (exact) mass is 298 g/mol. The third kappa shape index (κ3) is 4.06. The Hall–Kier alpha value is -2.84. The van der Waals surface area contributed by atoms with E-state index in [0.717, 1.165) is 18.2 Å². The van der Waals surface area contributed by atoms with Crippen molar-refractivity contribution in [2.24, 2.45) is 0 Å². The van der Waals surface area contributed by atoms with E-state index in [9.17, 15) is 18.0 Å². The average molecular weight is 298 g/mol. The molecule has 9 heteroatoms. The lowest BCUT2D eigenvalue weighted by atomic mass is 10.2. The number of benzene rings is 1. The van der Waals surface area contributed by atoms with Crippen LogP contribution in [0.4, 0.5) is 24.8 Å². The summed E-state index contributed by atoms with van der Waals surface area (Å²) >= 11 is 0. The fourth-order valence-corrected chi connectivity index (χ4v) is 1.44. The minimum Gasteiger partial charge on any atom is -0.404 e. The number of alkyl halides is 3. The second kappa shape index (κ2) is 5.65. The van der Waals surface area contributed by atoms with Gasteiger partial charge in [0.2, 0.25) is 5.95 Å². The summed E-state index contributed by atoms with van der Waals surface area (Å²) in [4.78, 5) is 19.4. The molecule has 0 spiro atoms. The quantitative estimate of drug-likeness (QED) is 0.848. The lowest BCUT2D eigenvalue weighted by Gasteiger charge is -2.11. The molecule has 0 atom stereocenters. The van der Waals surface area contributed by atoms with Crippen LogP contribution in [0.3, 0.4) is 0 Å². The van der Waals surface area contributed by atoms with Crippen molar-refractivity contribution in [1.29, 1.82) is 0 Å². The molecule has 0 unspecified atom stereocenters. The molecule has 0 aliphatic carbocycles. The van der Waals surface area contributed by atoms with Crippen molar-refractivity contribution in [1.82, 2.24) is 9.97 Å². The fraction of sp³-hybridized carbons (Fsp3) is 0.0833. The van der Waals surface area contributed by atoms with E-state index in [1.165, 1.54) is 12.4 Å². The molecule has 0 bridgehead atoms. The normalized spacial score (nSPS) is 11.0. The molecule has 6 nitrogen and oxygen atoms in total. The number of nitrogens with one attached hydrogen (secondary N) is 1. The Morgan fingerprint density at radius 1 is 1.24 bits per heavy atom. The van der Waals surface area contributed by atoms with Gasteiger partial charge in [0, 0.05) is 18.0 Å². The molecule has 110 valence electrons. The zero-order chi connectivity index (χ0) is 15.5. The van der Waals surface area contributed by atoms with Crippen LogP contribution in [0.1, 0.15) is 10.4 Å². The molecule has 2 rings (SSSR count). The maximum absolute atomic E-state index is 12.1. The minimum absolute atomic E-state index is 0.0504. The Balaban J connectivity index is 2.14. The van der Waals surface area contributed by atoms with Gasteiger partial charge in [0.15, 0.2) is 5.75 Å². The highest BCUT2D eigenvalue weighted by Gasteiger charge is 2.32. The highest BCUT2D eigenvalue weighted by Crippen LogP contribution is 2.29. The number of anilines is 2. The van der Waals surface area contributed by atoms with Crippen molar-refractivity contribution in [2.75, 3.05) is 11.1 Å². The number of hydrogen-bond donors (Lipinski definition) is 2. The molecule has 1 heterocycles. The smallest absolute Gasteiger partial charge is 0.404 e. The number of aromatic nitrogens is 2. The summed E-state index contributed by atoms with van der Waals surface area (Å²) in [5, 5.41) is 2.37. The minimum atomic E-state index is -4.85. The van der Waals surface area contributed by atoms with Gasteiger partial charge in [0.1, 0.15) is 0 Å². The van der Waals surface area contributed by atoms with E-state index in [2.05, 4.69) is 20.0 Å². The third-order valence-corrected chi connectivity index (χ3v) is 2.29. The van der Waals surface area contributed by atoms with E-state index in [1.807, 2.05) is 0 Å². The highest BCUT2D eigenvalue weighted by molar-refractivity contribution is 6.04. The third-order valence-electron chi connectivity index (χ3n) is 2.29. The van der Waals surface area contributed by atoms with Crippen LogP contribution in [0, 0.1) is 0 Å². The molecule has 21 heavy (non-hydrogen) atoms. The number of amides is 1. The summed E-state index contributed by atoms with van der Waals surface area (Å²) < 4.78 is 40.0. The van der Waals surface area contributed by atoms with Gasteiger partial charge in [-0.3, -0.25) is 10.1 Å². The van der Waals surface area contributed by atoms with Crippen molar-refractivity contribution in [3.8, 4) is 5.75 Å². The second-order valence-electron chi connectivity index (χ2n) is 3.83. The molecule has 1 amide bonds.